The van der Waals surface area contributed by atoms with Crippen molar-refractivity contribution in [2.75, 3.05) is 33.8 Å². The summed E-state index contributed by atoms with van der Waals surface area (Å²) >= 11 is 0. The summed E-state index contributed by atoms with van der Waals surface area (Å²) in [5.74, 6) is 1.46. The van der Waals surface area contributed by atoms with E-state index in [0.717, 1.165) is 13.1 Å². The Kier molecular flexibility index (Phi) is 4.72. The minimum Gasteiger partial charge on any atom is -0.362 e. The largest absolute Gasteiger partial charge is 0.362 e. The fraction of sp³-hybridized carbons (Fsp3) is 0.769. The Bertz CT molecular complexity index is 460. The van der Waals surface area contributed by atoms with E-state index in [1.54, 1.807) is 6.92 Å². The number of ether oxygens (including phenoxy) is 1. The normalized spacial score (nSPS) is 22.8. The number of carbonyl (C=O) groups excluding carboxylic acids is 1. The molecular formula is C13H22N4O3. The van der Waals surface area contributed by atoms with Gasteiger partial charge in [-0.05, 0) is 26.9 Å². The molecule has 0 saturated carbocycles. The van der Waals surface area contributed by atoms with Crippen molar-refractivity contribution in [2.45, 2.75) is 26.5 Å². The van der Waals surface area contributed by atoms with Crippen LogP contribution in [-0.2, 0) is 16.1 Å². The molecule has 0 aromatic carbocycles. The van der Waals surface area contributed by atoms with Gasteiger partial charge >= 0.3 is 0 Å². The molecule has 1 aliphatic heterocycles. The fourth-order valence-electron chi connectivity index (χ4n) is 2.54. The Morgan fingerprint density at radius 3 is 2.80 bits per heavy atom. The van der Waals surface area contributed by atoms with Crippen molar-refractivity contribution >= 4 is 5.91 Å². The molecule has 1 amide bonds. The highest BCUT2D eigenvalue weighted by molar-refractivity contribution is 5.77. The monoisotopic (exact) mass is 282 g/mol. The highest BCUT2D eigenvalue weighted by Gasteiger charge is 2.33. The molecule has 1 fully saturated rings. The summed E-state index contributed by atoms with van der Waals surface area (Å²) in [5.41, 5.74) is 0. The van der Waals surface area contributed by atoms with Crippen molar-refractivity contribution < 1.29 is 14.1 Å². The molecule has 0 unspecified atom stereocenters. The molecule has 20 heavy (non-hydrogen) atoms. The van der Waals surface area contributed by atoms with Crippen molar-refractivity contribution in [3.05, 3.63) is 11.7 Å². The Balaban J connectivity index is 1.75. The summed E-state index contributed by atoms with van der Waals surface area (Å²) < 4.78 is 10.3. The van der Waals surface area contributed by atoms with Gasteiger partial charge in [-0.25, -0.2) is 0 Å². The first kappa shape index (κ1) is 14.9. The van der Waals surface area contributed by atoms with Crippen LogP contribution < -0.4 is 0 Å². The van der Waals surface area contributed by atoms with E-state index >= 15 is 0 Å². The number of amides is 1. The molecule has 0 N–H and O–H groups in total. The SMILES string of the molecule is Cc1noc(COCC(=O)N2C[C@@H](C)[C@@H](N(C)C)C2)n1. The molecule has 1 aromatic heterocycles. The second-order valence-corrected chi connectivity index (χ2v) is 5.54. The van der Waals surface area contributed by atoms with Crippen LogP contribution in [0.3, 0.4) is 0 Å². The Hall–Kier alpha value is -1.47. The van der Waals surface area contributed by atoms with Crippen LogP contribution in [0, 0.1) is 12.8 Å². The van der Waals surface area contributed by atoms with Gasteiger partial charge in [-0.1, -0.05) is 12.1 Å². The fourth-order valence-corrected chi connectivity index (χ4v) is 2.54. The molecule has 2 atom stereocenters. The summed E-state index contributed by atoms with van der Waals surface area (Å²) in [6, 6.07) is 0.414. The van der Waals surface area contributed by atoms with Crippen molar-refractivity contribution in [3.8, 4) is 0 Å². The Morgan fingerprint density at radius 1 is 1.50 bits per heavy atom. The first-order valence-corrected chi connectivity index (χ1v) is 6.78. The van der Waals surface area contributed by atoms with Gasteiger partial charge in [0.25, 0.3) is 5.89 Å². The molecule has 2 rings (SSSR count). The van der Waals surface area contributed by atoms with Crippen LogP contribution in [-0.4, -0.2) is 65.7 Å². The van der Waals surface area contributed by atoms with Gasteiger partial charge in [0, 0.05) is 19.1 Å². The van der Waals surface area contributed by atoms with Gasteiger partial charge in [-0.15, -0.1) is 0 Å². The third-order valence-corrected chi connectivity index (χ3v) is 3.61. The molecule has 2 heterocycles. The summed E-state index contributed by atoms with van der Waals surface area (Å²) in [5, 5.41) is 3.66. The lowest BCUT2D eigenvalue weighted by atomic mass is 10.1. The van der Waals surface area contributed by atoms with Gasteiger partial charge in [0.1, 0.15) is 13.2 Å². The zero-order valence-corrected chi connectivity index (χ0v) is 12.5. The molecule has 0 radical (unpaired) electrons. The summed E-state index contributed by atoms with van der Waals surface area (Å²) in [4.78, 5) is 20.1. The first-order valence-electron chi connectivity index (χ1n) is 6.78. The number of hydrogen-bond acceptors (Lipinski definition) is 6. The lowest BCUT2D eigenvalue weighted by Crippen LogP contribution is -2.36. The van der Waals surface area contributed by atoms with Gasteiger partial charge in [-0.3, -0.25) is 4.79 Å². The topological polar surface area (TPSA) is 71.7 Å². The zero-order chi connectivity index (χ0) is 14.7. The molecule has 7 nitrogen and oxygen atoms in total. The maximum Gasteiger partial charge on any atom is 0.252 e. The zero-order valence-electron chi connectivity index (χ0n) is 12.5. The Labute approximate surface area is 118 Å². The van der Waals surface area contributed by atoms with Gasteiger partial charge < -0.3 is 19.1 Å². The molecule has 1 aliphatic rings. The van der Waals surface area contributed by atoms with Gasteiger partial charge in [-0.2, -0.15) is 4.98 Å². The van der Waals surface area contributed by atoms with Gasteiger partial charge in [0.15, 0.2) is 5.82 Å². The third-order valence-electron chi connectivity index (χ3n) is 3.61. The maximum atomic E-state index is 12.1. The standard InChI is InChI=1S/C13H22N4O3/c1-9-5-17(6-11(9)16(3)4)13(18)8-19-7-12-14-10(2)15-20-12/h9,11H,5-8H2,1-4H3/t9-,11+/m1/s1. The molecule has 7 heteroatoms. The maximum absolute atomic E-state index is 12.1. The van der Waals surface area contributed by atoms with E-state index in [9.17, 15) is 4.79 Å². The number of hydrogen-bond donors (Lipinski definition) is 0. The number of rotatable bonds is 5. The number of likely N-dealkylation sites (tertiary alicyclic amines) is 1. The van der Waals surface area contributed by atoms with Gasteiger partial charge in [0.05, 0.1) is 0 Å². The number of aryl methyl sites for hydroxylation is 1. The molecular weight excluding hydrogens is 260 g/mol. The second-order valence-electron chi connectivity index (χ2n) is 5.54. The lowest BCUT2D eigenvalue weighted by molar-refractivity contribution is -0.136. The molecule has 1 saturated heterocycles. The van der Waals surface area contributed by atoms with Crippen LogP contribution in [0.5, 0.6) is 0 Å². The van der Waals surface area contributed by atoms with Crippen molar-refractivity contribution in [3.63, 3.8) is 0 Å². The van der Waals surface area contributed by atoms with Crippen LogP contribution in [0.4, 0.5) is 0 Å². The van der Waals surface area contributed by atoms with E-state index < -0.39 is 0 Å². The summed E-state index contributed by atoms with van der Waals surface area (Å²) in [7, 11) is 4.09. The predicted octanol–water partition coefficient (Wildman–Crippen LogP) is 0.303. The van der Waals surface area contributed by atoms with E-state index in [-0.39, 0.29) is 19.1 Å². The summed E-state index contributed by atoms with van der Waals surface area (Å²) in [6.07, 6.45) is 0. The highest BCUT2D eigenvalue weighted by Crippen LogP contribution is 2.19. The quantitative estimate of drug-likeness (QED) is 0.773. The molecule has 112 valence electrons. The first-order chi connectivity index (χ1) is 9.47. The van der Waals surface area contributed by atoms with Crippen molar-refractivity contribution in [1.29, 1.82) is 0 Å². The smallest absolute Gasteiger partial charge is 0.252 e. The third kappa shape index (κ3) is 3.55. The molecule has 0 spiro atoms. The van der Waals surface area contributed by atoms with Crippen molar-refractivity contribution in [2.24, 2.45) is 5.92 Å². The summed E-state index contributed by atoms with van der Waals surface area (Å²) in [6.45, 7) is 5.67. The lowest BCUT2D eigenvalue weighted by Gasteiger charge is -2.22. The van der Waals surface area contributed by atoms with E-state index in [1.807, 2.05) is 19.0 Å². The molecule has 0 aliphatic carbocycles. The van der Waals surface area contributed by atoms with E-state index in [2.05, 4.69) is 22.0 Å². The minimum absolute atomic E-state index is 0.0115. The highest BCUT2D eigenvalue weighted by atomic mass is 16.5. The number of nitrogens with zero attached hydrogens (tertiary/aromatic N) is 4. The Morgan fingerprint density at radius 2 is 2.25 bits per heavy atom. The molecule has 0 bridgehead atoms. The number of carbonyl (C=O) groups is 1. The van der Waals surface area contributed by atoms with Crippen LogP contribution >= 0.6 is 0 Å². The van der Waals surface area contributed by atoms with Crippen LogP contribution in [0.2, 0.25) is 0 Å². The van der Waals surface area contributed by atoms with Gasteiger partial charge in [0.2, 0.25) is 5.91 Å². The van der Waals surface area contributed by atoms with Crippen LogP contribution in [0.25, 0.3) is 0 Å². The van der Waals surface area contributed by atoms with Crippen LogP contribution in [0.1, 0.15) is 18.6 Å². The predicted molar refractivity (Wildman–Crippen MR) is 71.9 cm³/mol. The van der Waals surface area contributed by atoms with E-state index in [0.29, 0.717) is 23.7 Å². The molecule has 1 aromatic rings. The number of likely N-dealkylation sites (N-methyl/N-ethyl adjacent to an activating group) is 1. The second kappa shape index (κ2) is 6.32. The van der Waals surface area contributed by atoms with Crippen LogP contribution in [0.15, 0.2) is 4.52 Å². The minimum atomic E-state index is 0.0115. The average Bonchev–Trinajstić information content (AvgIpc) is 2.95. The van der Waals surface area contributed by atoms with E-state index in [1.165, 1.54) is 0 Å². The number of aromatic nitrogens is 2. The van der Waals surface area contributed by atoms with E-state index in [4.69, 9.17) is 9.26 Å². The van der Waals surface area contributed by atoms with Crippen molar-refractivity contribution in [1.82, 2.24) is 19.9 Å². The average molecular weight is 282 g/mol.